The topological polar surface area (TPSA) is 29.9 Å². The van der Waals surface area contributed by atoms with Crippen LogP contribution in [0.2, 0.25) is 0 Å². The Morgan fingerprint density at radius 3 is 2.83 bits per heavy atom. The van der Waals surface area contributed by atoms with E-state index in [2.05, 4.69) is 10.3 Å². The first-order chi connectivity index (χ1) is 8.63. The SMILES string of the molecule is CNC(C)c1cccc(F)c1Sc1nccn1C. The normalized spacial score (nSPS) is 12.7. The Morgan fingerprint density at radius 2 is 2.22 bits per heavy atom. The molecule has 0 aliphatic carbocycles. The van der Waals surface area contributed by atoms with E-state index in [0.717, 1.165) is 10.7 Å². The number of aryl methyl sites for hydroxylation is 1. The average molecular weight is 265 g/mol. The summed E-state index contributed by atoms with van der Waals surface area (Å²) in [5.74, 6) is -0.206. The summed E-state index contributed by atoms with van der Waals surface area (Å²) in [4.78, 5) is 4.85. The molecule has 18 heavy (non-hydrogen) atoms. The van der Waals surface area contributed by atoms with Crippen molar-refractivity contribution in [3.05, 3.63) is 42.0 Å². The molecular formula is C13H16FN3S. The van der Waals surface area contributed by atoms with Crippen LogP contribution in [-0.4, -0.2) is 16.6 Å². The molecule has 1 aromatic carbocycles. The van der Waals surface area contributed by atoms with Gasteiger partial charge in [-0.1, -0.05) is 12.1 Å². The number of rotatable bonds is 4. The smallest absolute Gasteiger partial charge is 0.172 e. The van der Waals surface area contributed by atoms with Crippen molar-refractivity contribution in [1.29, 1.82) is 0 Å². The molecule has 0 spiro atoms. The van der Waals surface area contributed by atoms with Crippen LogP contribution in [0.5, 0.6) is 0 Å². The van der Waals surface area contributed by atoms with E-state index < -0.39 is 0 Å². The summed E-state index contributed by atoms with van der Waals surface area (Å²) in [6.07, 6.45) is 3.56. The van der Waals surface area contributed by atoms with Gasteiger partial charge in [0.15, 0.2) is 5.16 Å². The highest BCUT2D eigenvalue weighted by Gasteiger charge is 2.15. The van der Waals surface area contributed by atoms with E-state index in [1.807, 2.05) is 37.8 Å². The van der Waals surface area contributed by atoms with Gasteiger partial charge in [-0.3, -0.25) is 0 Å². The van der Waals surface area contributed by atoms with Crippen LogP contribution in [0.4, 0.5) is 4.39 Å². The number of nitrogens with zero attached hydrogens (tertiary/aromatic N) is 2. The Kier molecular flexibility index (Phi) is 4.04. The maximum Gasteiger partial charge on any atom is 0.172 e. The molecule has 1 aromatic heterocycles. The zero-order chi connectivity index (χ0) is 13.1. The lowest BCUT2D eigenvalue weighted by atomic mass is 10.1. The standard InChI is InChI=1S/C13H16FN3S/c1-9(15-2)10-5-4-6-11(14)12(10)18-13-16-7-8-17(13)3/h4-9,15H,1-3H3. The van der Waals surface area contributed by atoms with Gasteiger partial charge in [0.1, 0.15) is 5.82 Å². The number of benzene rings is 1. The second kappa shape index (κ2) is 5.54. The van der Waals surface area contributed by atoms with Crippen LogP contribution in [0.3, 0.4) is 0 Å². The third-order valence-electron chi connectivity index (χ3n) is 2.87. The predicted molar refractivity (Wildman–Crippen MR) is 71.2 cm³/mol. The van der Waals surface area contributed by atoms with Crippen LogP contribution in [0.25, 0.3) is 0 Å². The minimum Gasteiger partial charge on any atom is -0.329 e. The Morgan fingerprint density at radius 1 is 1.44 bits per heavy atom. The number of hydrogen-bond acceptors (Lipinski definition) is 3. The van der Waals surface area contributed by atoms with Gasteiger partial charge in [-0.2, -0.15) is 0 Å². The molecule has 2 aromatic rings. The average Bonchev–Trinajstić information content (AvgIpc) is 2.76. The lowest BCUT2D eigenvalue weighted by Gasteiger charge is -2.15. The van der Waals surface area contributed by atoms with E-state index in [1.165, 1.54) is 17.8 Å². The van der Waals surface area contributed by atoms with Crippen molar-refractivity contribution in [3.63, 3.8) is 0 Å². The maximum atomic E-state index is 14.0. The van der Waals surface area contributed by atoms with Crippen molar-refractivity contribution < 1.29 is 4.39 Å². The molecule has 1 N–H and O–H groups in total. The summed E-state index contributed by atoms with van der Waals surface area (Å²) in [6.45, 7) is 2.01. The second-order valence-corrected chi connectivity index (χ2v) is 5.07. The number of aromatic nitrogens is 2. The molecule has 1 unspecified atom stereocenters. The van der Waals surface area contributed by atoms with E-state index in [1.54, 1.807) is 12.3 Å². The van der Waals surface area contributed by atoms with Crippen molar-refractivity contribution in [3.8, 4) is 0 Å². The van der Waals surface area contributed by atoms with Crippen LogP contribution in [0.15, 0.2) is 40.6 Å². The quantitative estimate of drug-likeness (QED) is 0.921. The largest absolute Gasteiger partial charge is 0.329 e. The first-order valence-electron chi connectivity index (χ1n) is 5.74. The van der Waals surface area contributed by atoms with Crippen molar-refractivity contribution in [2.24, 2.45) is 7.05 Å². The molecular weight excluding hydrogens is 249 g/mol. The van der Waals surface area contributed by atoms with Crippen molar-refractivity contribution in [2.75, 3.05) is 7.05 Å². The van der Waals surface area contributed by atoms with Crippen LogP contribution in [-0.2, 0) is 7.05 Å². The second-order valence-electron chi connectivity index (χ2n) is 4.09. The van der Waals surface area contributed by atoms with Crippen LogP contribution < -0.4 is 5.32 Å². The van der Waals surface area contributed by atoms with Crippen molar-refractivity contribution in [1.82, 2.24) is 14.9 Å². The monoisotopic (exact) mass is 265 g/mol. The third-order valence-corrected chi connectivity index (χ3v) is 4.08. The van der Waals surface area contributed by atoms with Gasteiger partial charge in [-0.05, 0) is 37.4 Å². The number of imidazole rings is 1. The lowest BCUT2D eigenvalue weighted by molar-refractivity contribution is 0.575. The molecule has 0 fully saturated rings. The molecule has 0 aliphatic rings. The summed E-state index contributed by atoms with van der Waals surface area (Å²) in [5, 5.41) is 3.92. The maximum absolute atomic E-state index is 14.0. The zero-order valence-electron chi connectivity index (χ0n) is 10.6. The molecule has 96 valence electrons. The summed E-state index contributed by atoms with van der Waals surface area (Å²) in [6, 6.07) is 5.26. The van der Waals surface area contributed by atoms with Gasteiger partial charge in [0.05, 0.1) is 4.90 Å². The van der Waals surface area contributed by atoms with Gasteiger partial charge in [0.25, 0.3) is 0 Å². The van der Waals surface area contributed by atoms with Crippen molar-refractivity contribution in [2.45, 2.75) is 23.0 Å². The third kappa shape index (κ3) is 2.57. The highest BCUT2D eigenvalue weighted by Crippen LogP contribution is 2.34. The lowest BCUT2D eigenvalue weighted by Crippen LogP contribution is -2.13. The fraction of sp³-hybridized carbons (Fsp3) is 0.308. The first-order valence-corrected chi connectivity index (χ1v) is 6.56. The van der Waals surface area contributed by atoms with Gasteiger partial charge >= 0.3 is 0 Å². The van der Waals surface area contributed by atoms with Crippen LogP contribution in [0, 0.1) is 5.82 Å². The Balaban J connectivity index is 2.40. The number of halogens is 1. The van der Waals surface area contributed by atoms with E-state index in [0.29, 0.717) is 4.90 Å². The Bertz CT molecular complexity index is 539. The Hall–Kier alpha value is -1.33. The minimum atomic E-state index is -0.206. The van der Waals surface area contributed by atoms with Gasteiger partial charge in [-0.15, -0.1) is 0 Å². The highest BCUT2D eigenvalue weighted by molar-refractivity contribution is 7.99. The molecule has 5 heteroatoms. The molecule has 0 aliphatic heterocycles. The first kappa shape index (κ1) is 13.1. The number of hydrogen-bond donors (Lipinski definition) is 1. The summed E-state index contributed by atoms with van der Waals surface area (Å²) in [7, 11) is 3.77. The van der Waals surface area contributed by atoms with E-state index in [4.69, 9.17) is 0 Å². The van der Waals surface area contributed by atoms with Crippen molar-refractivity contribution >= 4 is 11.8 Å². The molecule has 3 nitrogen and oxygen atoms in total. The van der Waals surface area contributed by atoms with Gasteiger partial charge in [0.2, 0.25) is 0 Å². The molecule has 0 radical (unpaired) electrons. The molecule has 2 rings (SSSR count). The minimum absolute atomic E-state index is 0.100. The van der Waals surface area contributed by atoms with Gasteiger partial charge in [-0.25, -0.2) is 9.37 Å². The zero-order valence-corrected chi connectivity index (χ0v) is 11.5. The number of nitrogens with one attached hydrogen (secondary N) is 1. The summed E-state index contributed by atoms with van der Waals surface area (Å²) in [5.41, 5.74) is 0.950. The molecule has 1 heterocycles. The van der Waals surface area contributed by atoms with Gasteiger partial charge in [0, 0.05) is 25.5 Å². The predicted octanol–water partition coefficient (Wildman–Crippen LogP) is 2.99. The molecule has 0 saturated heterocycles. The van der Waals surface area contributed by atoms with E-state index in [9.17, 15) is 4.39 Å². The molecule has 0 amide bonds. The van der Waals surface area contributed by atoms with Crippen LogP contribution >= 0.6 is 11.8 Å². The molecule has 0 saturated carbocycles. The van der Waals surface area contributed by atoms with Gasteiger partial charge < -0.3 is 9.88 Å². The summed E-state index contributed by atoms with van der Waals surface area (Å²) >= 11 is 1.35. The summed E-state index contributed by atoms with van der Waals surface area (Å²) < 4.78 is 15.9. The van der Waals surface area contributed by atoms with E-state index in [-0.39, 0.29) is 11.9 Å². The fourth-order valence-electron chi connectivity index (χ4n) is 1.67. The highest BCUT2D eigenvalue weighted by atomic mass is 32.2. The molecule has 0 bridgehead atoms. The molecule has 1 atom stereocenters. The Labute approximate surface area is 110 Å². The van der Waals surface area contributed by atoms with Crippen LogP contribution in [0.1, 0.15) is 18.5 Å². The fourth-order valence-corrected chi connectivity index (χ4v) is 2.70. The van der Waals surface area contributed by atoms with E-state index >= 15 is 0 Å².